The van der Waals surface area contributed by atoms with E-state index in [2.05, 4.69) is 347 Å². The van der Waals surface area contributed by atoms with E-state index in [9.17, 15) is 0 Å². The summed E-state index contributed by atoms with van der Waals surface area (Å²) in [5.41, 5.74) is 22.4. The maximum Gasteiger partial charge on any atom is 1.00 e. The molecule has 5 aromatic heterocycles. The number of benzene rings is 15. The van der Waals surface area contributed by atoms with Gasteiger partial charge >= 0.3 is 87.8 Å². The molecule has 137 heavy (non-hydrogen) atoms. The van der Waals surface area contributed by atoms with Gasteiger partial charge in [0.1, 0.15) is 16.8 Å². The molecule has 0 aliphatic carbocycles. The molecule has 20 aromatic rings. The molecular formula is C118H105N7O4Os4P4+4. The topological polar surface area (TPSA) is 103 Å². The van der Waals surface area contributed by atoms with Crippen LogP contribution in [0.25, 0.3) is 83.9 Å². The monoisotopic (exact) mass is 2580 g/mol. The van der Waals surface area contributed by atoms with Crippen molar-refractivity contribution in [2.24, 2.45) is 0 Å². The standard InChI is InChI=1S/C34H34N2P.C31H27N2O3P.C30H26N2P.C23H15NOP.4Os/c1-25(2)31-19-12-20-32(26(3)4)33(31)36-22-21-35-34(36)28-14-11-13-27(23-28)24-37(29-15-7-5-8-16-29)30-17-9-6-10-18-30;1-20-11-9-12-21(2)29(20)35-37(36-30-22(3)13-10-14-23(30)4)34-28-19-33-27-18-8-7-16-25(27)24-15-5-6-17-26(24)31(33)32-28;1-23-13-12-14-24(2)29(23)32-21-26(31-30(32)25-15-6-3-7-16-25)22-33(27-17-8-4-9-18-27)28-19-10-5-11-20-28;1-2-9-17(10-3-1)20-13-8-16-23(24-20)25-26-21-14-6-4-11-18(21)19-12-5-7-15-22(19)26;;;;/h5-22,25-26H,24H2,1-4H3;5-16,18-19,37H,1-4H3;3-15,17-21H,22H2,1-2H3;1-9,11-16H;;;;/q-1;;2*-1;4*+1/p+3. The van der Waals surface area contributed by atoms with E-state index >= 15 is 0 Å². The normalized spacial score (nSPS) is 11.3. The first kappa shape index (κ1) is 101. The van der Waals surface area contributed by atoms with Crippen LogP contribution >= 0.6 is 32.6 Å². The van der Waals surface area contributed by atoms with Crippen LogP contribution in [0.15, 0.2) is 395 Å². The van der Waals surface area contributed by atoms with Crippen molar-refractivity contribution < 1.29 is 97.3 Å². The number of nitrogens with zero attached hydrogens (tertiary/aromatic N) is 7. The molecule has 6 heterocycles. The van der Waals surface area contributed by atoms with Gasteiger partial charge in [0.05, 0.1) is 72.4 Å². The fraction of sp³-hybridized carbons (Fsp3) is 0.119. The Bertz CT molecular complexity index is 7090. The summed E-state index contributed by atoms with van der Waals surface area (Å²) in [4.78, 5) is 19.6. The van der Waals surface area contributed by atoms with Crippen molar-refractivity contribution >= 4 is 91.7 Å². The quantitative estimate of drug-likeness (QED) is 0.0354. The Kier molecular flexibility index (Phi) is 35.4. The zero-order valence-corrected chi connectivity index (χ0v) is 91.9. The average molecular weight is 2570 g/mol. The van der Waals surface area contributed by atoms with Crippen molar-refractivity contribution in [1.82, 2.24) is 33.5 Å². The van der Waals surface area contributed by atoms with Crippen LogP contribution in [0.3, 0.4) is 0 Å². The molecule has 1 aliphatic rings. The second kappa shape index (κ2) is 47.7. The number of fused-ring (bicyclic) bond motifs is 9. The van der Waals surface area contributed by atoms with E-state index in [1.807, 2.05) is 155 Å². The van der Waals surface area contributed by atoms with Gasteiger partial charge in [0.25, 0.3) is 11.8 Å². The molecule has 0 N–H and O–H groups in total. The van der Waals surface area contributed by atoms with Gasteiger partial charge in [-0.05, 0) is 176 Å². The predicted molar refractivity (Wildman–Crippen MR) is 561 cm³/mol. The van der Waals surface area contributed by atoms with E-state index in [0.29, 0.717) is 23.6 Å². The van der Waals surface area contributed by atoms with Crippen LogP contribution < -0.4 is 49.9 Å². The molecule has 19 heteroatoms. The third kappa shape index (κ3) is 23.4. The summed E-state index contributed by atoms with van der Waals surface area (Å²) in [6, 6.07) is 143. The first-order valence-electron chi connectivity index (χ1n) is 45.3. The van der Waals surface area contributed by atoms with Gasteiger partial charge in [0, 0.05) is 52.7 Å². The van der Waals surface area contributed by atoms with Crippen molar-refractivity contribution in [3.63, 3.8) is 0 Å². The molecule has 4 radical (unpaired) electrons. The van der Waals surface area contributed by atoms with Crippen molar-refractivity contribution in [3.8, 4) is 79.8 Å². The molecular weight excluding hydrogens is 2460 g/mol. The Labute approximate surface area is 862 Å². The molecule has 0 atom stereocenters. The summed E-state index contributed by atoms with van der Waals surface area (Å²) in [7, 11) is -5.69. The number of aromatic nitrogens is 7. The smallest absolute Gasteiger partial charge is 0.340 e. The second-order valence-corrected chi connectivity index (χ2v) is 41.9. The first-order chi connectivity index (χ1) is 65.1. The SMILES string of the molecule is CC(C)c1cccc(C(C)C)c1-n1ccnc1-c1[c-]c(C[PH+](c2ccccc2)c2ccccc2)ccc1.Cc1cccc(C)c1-n1cc(C[PH+](c2ccccc2)c2ccccc2)nc1-c1[c-]cccc1.Cc1cccc(C)c1O[PH+](Oc1cn2c3ccccc3c3ccc[c-]c3c2n1)Oc1c(C)cccc1C.[Os+].[Os+].[Os+].[Os+].[c-]1ccccc1-c1cccc(O[PH+]2c3ccccc3-c3ccccc32)n1. The molecule has 0 saturated carbocycles. The van der Waals surface area contributed by atoms with E-state index in [-0.39, 0.29) is 79.2 Å². The minimum absolute atomic E-state index is 0. The van der Waals surface area contributed by atoms with Gasteiger partial charge in [-0.2, -0.15) is 0 Å². The van der Waals surface area contributed by atoms with Crippen molar-refractivity contribution in [2.45, 2.75) is 93.4 Å². The fourth-order valence-corrected chi connectivity index (χ4v) is 26.2. The van der Waals surface area contributed by atoms with E-state index in [0.717, 1.165) is 113 Å². The molecule has 0 unspecified atom stereocenters. The summed E-state index contributed by atoms with van der Waals surface area (Å²) in [5.74, 6) is 5.39. The molecule has 0 bridgehead atoms. The minimum Gasteiger partial charge on any atom is -0.340 e. The van der Waals surface area contributed by atoms with Crippen LogP contribution in [-0.2, 0) is 91.5 Å². The maximum absolute atomic E-state index is 6.47. The summed E-state index contributed by atoms with van der Waals surface area (Å²) in [6.45, 7) is 21.5. The van der Waals surface area contributed by atoms with Gasteiger partial charge in [0.15, 0.2) is 11.5 Å². The molecule has 0 fully saturated rings. The molecule has 0 saturated heterocycles. The van der Waals surface area contributed by atoms with Crippen LogP contribution in [0.5, 0.6) is 23.3 Å². The molecule has 0 amide bonds. The fourth-order valence-electron chi connectivity index (χ4n) is 17.6. The zero-order valence-electron chi connectivity index (χ0n) is 77.8. The van der Waals surface area contributed by atoms with Gasteiger partial charge < -0.3 is 18.1 Å². The Morgan fingerprint density at radius 1 is 0.365 bits per heavy atom. The predicted octanol–water partition coefficient (Wildman–Crippen LogP) is 27.1. The van der Waals surface area contributed by atoms with Gasteiger partial charge in [-0.1, -0.05) is 251 Å². The third-order valence-electron chi connectivity index (χ3n) is 24.1. The van der Waals surface area contributed by atoms with Crippen molar-refractivity contribution in [1.29, 1.82) is 0 Å². The van der Waals surface area contributed by atoms with E-state index in [4.69, 9.17) is 38.0 Å². The number of imidazole rings is 3. The van der Waals surface area contributed by atoms with Crippen LogP contribution in [-0.4, -0.2) is 33.5 Å². The number of para-hydroxylation sites is 5. The average Bonchev–Trinajstić information content (AvgIpc) is 1.61. The minimum atomic E-state index is -2.33. The molecule has 21 rings (SSSR count). The summed E-state index contributed by atoms with van der Waals surface area (Å²) >= 11 is 0. The molecule has 0 spiro atoms. The van der Waals surface area contributed by atoms with Crippen molar-refractivity contribution in [2.75, 3.05) is 0 Å². The van der Waals surface area contributed by atoms with E-state index < -0.39 is 32.6 Å². The van der Waals surface area contributed by atoms with Crippen LogP contribution in [0.4, 0.5) is 0 Å². The Hall–Kier alpha value is -11.5. The summed E-state index contributed by atoms with van der Waals surface area (Å²) < 4.78 is 32.4. The van der Waals surface area contributed by atoms with Crippen LogP contribution in [0, 0.1) is 65.8 Å². The number of hydrogen-bond donors (Lipinski definition) is 0. The Morgan fingerprint density at radius 2 is 0.832 bits per heavy atom. The van der Waals surface area contributed by atoms with E-state index in [1.54, 1.807) is 0 Å². The first-order valence-corrected chi connectivity index (χ1v) is 51.3. The number of aryl methyl sites for hydroxylation is 6. The zero-order chi connectivity index (χ0) is 91.3. The second-order valence-electron chi connectivity index (χ2n) is 33.9. The third-order valence-corrected chi connectivity index (χ3v) is 33.0. The molecule has 1 aliphatic heterocycles. The van der Waals surface area contributed by atoms with Gasteiger partial charge in [-0.15, -0.1) is 131 Å². The van der Waals surface area contributed by atoms with E-state index in [1.165, 1.54) is 82.1 Å². The molecule has 15 aromatic carbocycles. The summed E-state index contributed by atoms with van der Waals surface area (Å²) in [5, 5.41) is 11.4. The van der Waals surface area contributed by atoms with Crippen LogP contribution in [0.1, 0.15) is 95.3 Å². The number of rotatable bonds is 23. The molecule has 11 nitrogen and oxygen atoms in total. The number of pyridine rings is 2. The Balaban J connectivity index is 0.000000146. The summed E-state index contributed by atoms with van der Waals surface area (Å²) in [6.07, 6.45) is 10.1. The molecule has 684 valence electrons. The number of hydrogen-bond acceptors (Lipinski definition) is 8. The van der Waals surface area contributed by atoms with Gasteiger partial charge in [0.2, 0.25) is 8.15 Å². The van der Waals surface area contributed by atoms with Crippen LogP contribution in [0.2, 0.25) is 0 Å². The van der Waals surface area contributed by atoms with Gasteiger partial charge in [-0.25, -0.2) is 4.98 Å². The van der Waals surface area contributed by atoms with Crippen molar-refractivity contribution in [3.05, 3.63) is 475 Å². The van der Waals surface area contributed by atoms with Gasteiger partial charge in [-0.3, -0.25) is 28.5 Å². The largest absolute Gasteiger partial charge is 1.00 e. The Morgan fingerprint density at radius 3 is 1.38 bits per heavy atom. The maximum atomic E-state index is 6.47.